The van der Waals surface area contributed by atoms with Gasteiger partial charge in [-0.2, -0.15) is 4.99 Å². The average Bonchev–Trinajstić information content (AvgIpc) is 2.89. The molecule has 26 heavy (non-hydrogen) atoms. The molecule has 7 heteroatoms. The molecule has 0 saturated heterocycles. The van der Waals surface area contributed by atoms with Gasteiger partial charge in [0.1, 0.15) is 11.1 Å². The van der Waals surface area contributed by atoms with Gasteiger partial charge in [-0.05, 0) is 36.8 Å². The van der Waals surface area contributed by atoms with Crippen LogP contribution in [0.25, 0.3) is 21.2 Å². The average molecular weight is 385 g/mol. The van der Waals surface area contributed by atoms with Crippen molar-refractivity contribution >= 4 is 50.0 Å². The van der Waals surface area contributed by atoms with Crippen molar-refractivity contribution in [3.8, 4) is 0 Å². The second kappa shape index (κ2) is 6.23. The number of aromatic nitrogens is 1. The first kappa shape index (κ1) is 16.8. The van der Waals surface area contributed by atoms with E-state index in [0.717, 1.165) is 15.8 Å². The fraction of sp³-hybridized carbons (Fsp3) is 0.105. The van der Waals surface area contributed by atoms with Crippen LogP contribution in [0.1, 0.15) is 15.9 Å². The van der Waals surface area contributed by atoms with Crippen LogP contribution < -0.4 is 10.4 Å². The van der Waals surface area contributed by atoms with Gasteiger partial charge >= 0.3 is 5.63 Å². The van der Waals surface area contributed by atoms with Crippen molar-refractivity contribution in [2.24, 2.45) is 12.0 Å². The van der Waals surface area contributed by atoms with Crippen LogP contribution in [0.3, 0.4) is 0 Å². The maximum Gasteiger partial charge on any atom is 0.349 e. The first-order chi connectivity index (χ1) is 12.4. The third kappa shape index (κ3) is 2.77. The molecule has 0 fully saturated rings. The number of para-hydroxylation sites is 1. The number of rotatable bonds is 1. The van der Waals surface area contributed by atoms with Gasteiger partial charge < -0.3 is 8.98 Å². The predicted octanol–water partition coefficient (Wildman–Crippen LogP) is 4.05. The minimum absolute atomic E-state index is 0.0871. The molecular weight excluding hydrogens is 372 g/mol. The van der Waals surface area contributed by atoms with Crippen molar-refractivity contribution in [1.29, 1.82) is 0 Å². The molecule has 2 aromatic heterocycles. The Morgan fingerprint density at radius 3 is 2.81 bits per heavy atom. The molecule has 2 aromatic carbocycles. The number of aryl methyl sites for hydroxylation is 2. The van der Waals surface area contributed by atoms with E-state index >= 15 is 0 Å². The monoisotopic (exact) mass is 384 g/mol. The zero-order chi connectivity index (χ0) is 18.4. The lowest BCUT2D eigenvalue weighted by Gasteiger charge is -2.01. The molecule has 0 saturated carbocycles. The molecule has 4 rings (SSSR count). The van der Waals surface area contributed by atoms with Gasteiger partial charge in [0.15, 0.2) is 4.80 Å². The van der Waals surface area contributed by atoms with Gasteiger partial charge in [0.2, 0.25) is 0 Å². The molecule has 0 bridgehead atoms. The number of amides is 1. The summed E-state index contributed by atoms with van der Waals surface area (Å²) < 4.78 is 7.97. The SMILES string of the molecule is Cc1cc(Cl)cc2sc(=NC(=O)c3cc4ccccc4oc3=O)n(C)c12. The standard InChI is InChI=1S/C19H13ClN2O3S/c1-10-7-12(20)9-15-16(10)22(2)19(26-15)21-17(23)13-8-11-5-3-4-6-14(11)25-18(13)24/h3-9H,1-2H3. The van der Waals surface area contributed by atoms with Crippen LogP contribution in [0.5, 0.6) is 0 Å². The highest BCUT2D eigenvalue weighted by atomic mass is 35.5. The van der Waals surface area contributed by atoms with Crippen LogP contribution in [-0.4, -0.2) is 10.5 Å². The molecule has 1 amide bonds. The Balaban J connectivity index is 1.89. The highest BCUT2D eigenvalue weighted by Gasteiger charge is 2.14. The van der Waals surface area contributed by atoms with Crippen molar-refractivity contribution in [2.75, 3.05) is 0 Å². The molecule has 0 radical (unpaired) electrons. The van der Waals surface area contributed by atoms with Crippen LogP contribution in [0.4, 0.5) is 0 Å². The number of fused-ring (bicyclic) bond motifs is 2. The maximum absolute atomic E-state index is 12.6. The van der Waals surface area contributed by atoms with Crippen molar-refractivity contribution in [3.05, 3.63) is 73.8 Å². The Morgan fingerprint density at radius 2 is 2.00 bits per heavy atom. The van der Waals surface area contributed by atoms with E-state index in [1.54, 1.807) is 18.2 Å². The lowest BCUT2D eigenvalue weighted by molar-refractivity contribution is 0.0994. The van der Waals surface area contributed by atoms with E-state index < -0.39 is 11.5 Å². The lowest BCUT2D eigenvalue weighted by atomic mass is 10.2. The van der Waals surface area contributed by atoms with Crippen LogP contribution in [0, 0.1) is 6.92 Å². The van der Waals surface area contributed by atoms with E-state index in [9.17, 15) is 9.59 Å². The van der Waals surface area contributed by atoms with Crippen LogP contribution >= 0.6 is 22.9 Å². The van der Waals surface area contributed by atoms with Gasteiger partial charge in [-0.1, -0.05) is 41.1 Å². The molecule has 130 valence electrons. The molecule has 0 N–H and O–H groups in total. The number of carbonyl (C=O) groups excluding carboxylic acids is 1. The summed E-state index contributed by atoms with van der Waals surface area (Å²) in [6, 6.07) is 12.2. The zero-order valence-corrected chi connectivity index (χ0v) is 15.5. The Kier molecular flexibility index (Phi) is 4.01. The molecule has 0 spiro atoms. The molecule has 0 atom stereocenters. The molecule has 0 aliphatic heterocycles. The highest BCUT2D eigenvalue weighted by Crippen LogP contribution is 2.25. The molecular formula is C19H13ClN2O3S. The molecule has 0 unspecified atom stereocenters. The largest absolute Gasteiger partial charge is 0.422 e. The molecule has 0 aliphatic rings. The van der Waals surface area contributed by atoms with Gasteiger partial charge in [-0.25, -0.2) is 4.79 Å². The third-order valence-corrected chi connectivity index (χ3v) is 5.42. The number of thiazole rings is 1. The topological polar surface area (TPSA) is 64.6 Å². The summed E-state index contributed by atoms with van der Waals surface area (Å²) in [6.45, 7) is 1.95. The Morgan fingerprint density at radius 1 is 1.23 bits per heavy atom. The second-order valence-corrected chi connectivity index (χ2v) is 7.36. The van der Waals surface area contributed by atoms with E-state index in [-0.39, 0.29) is 5.56 Å². The van der Waals surface area contributed by atoms with Gasteiger partial charge in [-0.15, -0.1) is 0 Å². The van der Waals surface area contributed by atoms with E-state index in [4.69, 9.17) is 16.0 Å². The maximum atomic E-state index is 12.6. The van der Waals surface area contributed by atoms with Gasteiger partial charge in [0, 0.05) is 17.5 Å². The number of hydrogen-bond acceptors (Lipinski definition) is 4. The summed E-state index contributed by atoms with van der Waals surface area (Å²) in [6.07, 6.45) is 0. The quantitative estimate of drug-likeness (QED) is 0.465. The molecule has 4 aromatic rings. The first-order valence-electron chi connectivity index (χ1n) is 7.81. The van der Waals surface area contributed by atoms with Crippen molar-refractivity contribution in [2.45, 2.75) is 6.92 Å². The number of nitrogens with zero attached hydrogens (tertiary/aromatic N) is 2. The highest BCUT2D eigenvalue weighted by molar-refractivity contribution is 7.16. The molecule has 0 aliphatic carbocycles. The Hall–Kier alpha value is -2.70. The van der Waals surface area contributed by atoms with Gasteiger partial charge in [-0.3, -0.25) is 4.79 Å². The van der Waals surface area contributed by atoms with Crippen molar-refractivity contribution in [1.82, 2.24) is 4.57 Å². The zero-order valence-electron chi connectivity index (χ0n) is 13.9. The van der Waals surface area contributed by atoms with Gasteiger partial charge in [0.05, 0.1) is 10.2 Å². The summed E-state index contributed by atoms with van der Waals surface area (Å²) in [5.41, 5.74) is 1.60. The molecule has 2 heterocycles. The summed E-state index contributed by atoms with van der Waals surface area (Å²) in [5, 5.41) is 1.30. The molecule has 5 nitrogen and oxygen atoms in total. The summed E-state index contributed by atoms with van der Waals surface area (Å²) >= 11 is 7.45. The predicted molar refractivity (Wildman–Crippen MR) is 103 cm³/mol. The van der Waals surface area contributed by atoms with E-state index in [0.29, 0.717) is 20.8 Å². The van der Waals surface area contributed by atoms with E-state index in [1.165, 1.54) is 17.4 Å². The van der Waals surface area contributed by atoms with E-state index in [2.05, 4.69) is 4.99 Å². The van der Waals surface area contributed by atoms with Crippen LogP contribution in [0.15, 0.2) is 56.7 Å². The number of halogens is 1. The third-order valence-electron chi connectivity index (χ3n) is 4.12. The normalized spacial score (nSPS) is 12.2. The second-order valence-electron chi connectivity index (χ2n) is 5.92. The summed E-state index contributed by atoms with van der Waals surface area (Å²) in [7, 11) is 1.83. The van der Waals surface area contributed by atoms with Crippen LogP contribution in [0.2, 0.25) is 5.02 Å². The van der Waals surface area contributed by atoms with Gasteiger partial charge in [0.25, 0.3) is 5.91 Å². The number of carbonyl (C=O) groups is 1. The Bertz CT molecular complexity index is 1310. The fourth-order valence-corrected chi connectivity index (χ4v) is 4.40. The summed E-state index contributed by atoms with van der Waals surface area (Å²) in [4.78, 5) is 29.4. The fourth-order valence-electron chi connectivity index (χ4n) is 2.93. The van der Waals surface area contributed by atoms with E-state index in [1.807, 2.05) is 36.7 Å². The smallest absolute Gasteiger partial charge is 0.349 e. The number of hydrogen-bond donors (Lipinski definition) is 0. The van der Waals surface area contributed by atoms with Crippen molar-refractivity contribution in [3.63, 3.8) is 0 Å². The Labute approximate surface area is 156 Å². The minimum atomic E-state index is -0.694. The lowest BCUT2D eigenvalue weighted by Crippen LogP contribution is -2.18. The first-order valence-corrected chi connectivity index (χ1v) is 9.01. The van der Waals surface area contributed by atoms with Crippen LogP contribution in [-0.2, 0) is 7.05 Å². The summed E-state index contributed by atoms with van der Waals surface area (Å²) in [5.74, 6) is -0.629. The number of benzene rings is 2. The minimum Gasteiger partial charge on any atom is -0.422 e. The van der Waals surface area contributed by atoms with Crippen molar-refractivity contribution < 1.29 is 9.21 Å².